The van der Waals surface area contributed by atoms with Gasteiger partial charge in [0, 0.05) is 11.1 Å². The number of urea groups is 1. The van der Waals surface area contributed by atoms with Crippen LogP contribution in [0.4, 0.5) is 9.18 Å². The van der Waals surface area contributed by atoms with Crippen LogP contribution in [0.3, 0.4) is 0 Å². The number of benzene rings is 2. The number of piperazine rings is 1. The van der Waals surface area contributed by atoms with Gasteiger partial charge in [0.1, 0.15) is 16.9 Å². The normalized spacial score (nSPS) is 14.6. The fourth-order valence-corrected chi connectivity index (χ4v) is 3.56. The van der Waals surface area contributed by atoms with Crippen molar-refractivity contribution in [3.63, 3.8) is 0 Å². The van der Waals surface area contributed by atoms with Crippen molar-refractivity contribution in [3.8, 4) is 0 Å². The maximum Gasteiger partial charge on any atom is 0.322 e. The van der Waals surface area contributed by atoms with Gasteiger partial charge in [-0.05, 0) is 18.6 Å². The summed E-state index contributed by atoms with van der Waals surface area (Å²) in [4.78, 5) is 15.8. The predicted molar refractivity (Wildman–Crippen MR) is 111 cm³/mol. The zero-order valence-electron chi connectivity index (χ0n) is 15.6. The molecule has 0 aliphatic carbocycles. The zero-order chi connectivity index (χ0) is 20.1. The van der Waals surface area contributed by atoms with Crippen LogP contribution in [0, 0.1) is 12.7 Å². The van der Waals surface area contributed by atoms with Crippen LogP contribution in [0.2, 0.25) is 0 Å². The summed E-state index contributed by atoms with van der Waals surface area (Å²) in [5, 5.41) is 2.74. The van der Waals surface area contributed by atoms with Gasteiger partial charge in [0.15, 0.2) is 0 Å². The summed E-state index contributed by atoms with van der Waals surface area (Å²) in [5.74, 6) is -0.378. The minimum atomic E-state index is -0.378. The second kappa shape index (κ2) is 9.41. The van der Waals surface area contributed by atoms with E-state index in [1.54, 1.807) is 24.0 Å². The Kier molecular flexibility index (Phi) is 6.94. The van der Waals surface area contributed by atoms with Gasteiger partial charge in [-0.1, -0.05) is 65.7 Å². The van der Waals surface area contributed by atoms with Gasteiger partial charge in [0.05, 0.1) is 31.9 Å². The standard InChI is InChI=1S/C21H22Cl2FN3O/c1-15-7-8-17(13-18(15)24)19(20(22)23)25-21(28)27-11-9-26(10-12-27)14-16-5-3-2-4-6-16/h2-8,13H,9-12,14H2,1H3,(H,25,28)/p+1. The van der Waals surface area contributed by atoms with Crippen molar-refractivity contribution in [2.24, 2.45) is 0 Å². The summed E-state index contributed by atoms with van der Waals surface area (Å²) < 4.78 is 13.8. The molecule has 2 aromatic rings. The molecule has 2 aromatic carbocycles. The van der Waals surface area contributed by atoms with Crippen molar-refractivity contribution in [2.45, 2.75) is 13.5 Å². The molecule has 2 amide bonds. The van der Waals surface area contributed by atoms with Crippen LogP contribution >= 0.6 is 23.2 Å². The summed E-state index contributed by atoms with van der Waals surface area (Å²) >= 11 is 11.9. The van der Waals surface area contributed by atoms with Crippen molar-refractivity contribution in [1.82, 2.24) is 10.2 Å². The zero-order valence-corrected chi connectivity index (χ0v) is 17.2. The highest BCUT2D eigenvalue weighted by atomic mass is 35.5. The second-order valence-corrected chi connectivity index (χ2v) is 7.88. The van der Waals surface area contributed by atoms with Gasteiger partial charge in [-0.3, -0.25) is 0 Å². The Morgan fingerprint density at radius 3 is 2.43 bits per heavy atom. The lowest BCUT2D eigenvalue weighted by Gasteiger charge is -2.32. The average molecular weight is 423 g/mol. The largest absolute Gasteiger partial charge is 0.328 e. The van der Waals surface area contributed by atoms with Crippen LogP contribution in [0.1, 0.15) is 16.7 Å². The molecule has 1 heterocycles. The molecule has 1 fully saturated rings. The summed E-state index contributed by atoms with van der Waals surface area (Å²) in [6.07, 6.45) is 0. The highest BCUT2D eigenvalue weighted by Crippen LogP contribution is 2.24. The number of nitrogens with one attached hydrogen (secondary N) is 2. The highest BCUT2D eigenvalue weighted by Gasteiger charge is 2.25. The third kappa shape index (κ3) is 5.25. The van der Waals surface area contributed by atoms with Gasteiger partial charge >= 0.3 is 6.03 Å². The number of hydrogen-bond acceptors (Lipinski definition) is 1. The van der Waals surface area contributed by atoms with Crippen molar-refractivity contribution in [1.29, 1.82) is 0 Å². The molecule has 7 heteroatoms. The first-order valence-electron chi connectivity index (χ1n) is 9.19. The second-order valence-electron chi connectivity index (χ2n) is 6.93. The summed E-state index contributed by atoms with van der Waals surface area (Å²) in [6.45, 7) is 5.58. The Morgan fingerprint density at radius 1 is 1.14 bits per heavy atom. The van der Waals surface area contributed by atoms with Crippen molar-refractivity contribution < 1.29 is 14.1 Å². The first-order chi connectivity index (χ1) is 13.4. The van der Waals surface area contributed by atoms with Gasteiger partial charge in [0.2, 0.25) is 0 Å². The topological polar surface area (TPSA) is 36.8 Å². The Bertz CT molecular complexity index is 861. The van der Waals surface area contributed by atoms with Gasteiger partial charge < -0.3 is 15.1 Å². The third-order valence-corrected chi connectivity index (χ3v) is 5.31. The van der Waals surface area contributed by atoms with Crippen LogP contribution in [-0.4, -0.2) is 37.1 Å². The Balaban J connectivity index is 1.59. The minimum absolute atomic E-state index is 0.107. The van der Waals surface area contributed by atoms with Crippen LogP contribution in [0.15, 0.2) is 53.0 Å². The lowest BCUT2D eigenvalue weighted by atomic mass is 10.1. The maximum absolute atomic E-state index is 13.9. The van der Waals surface area contributed by atoms with Crippen molar-refractivity contribution in [3.05, 3.63) is 75.5 Å². The van der Waals surface area contributed by atoms with Crippen LogP contribution in [0.5, 0.6) is 0 Å². The molecule has 1 aliphatic heterocycles. The smallest absolute Gasteiger partial charge is 0.322 e. The van der Waals surface area contributed by atoms with Gasteiger partial charge in [-0.15, -0.1) is 0 Å². The number of carbonyl (C=O) groups excluding carboxylic acids is 1. The fraction of sp³-hybridized carbons (Fsp3) is 0.286. The summed E-state index contributed by atoms with van der Waals surface area (Å²) in [5.41, 5.74) is 2.45. The quantitative estimate of drug-likeness (QED) is 0.778. The van der Waals surface area contributed by atoms with E-state index < -0.39 is 0 Å². The minimum Gasteiger partial charge on any atom is -0.328 e. The predicted octanol–water partition coefficient (Wildman–Crippen LogP) is 3.35. The van der Waals surface area contributed by atoms with E-state index in [1.165, 1.54) is 16.5 Å². The van der Waals surface area contributed by atoms with Crippen LogP contribution < -0.4 is 10.2 Å². The number of amides is 2. The number of nitrogens with zero attached hydrogens (tertiary/aromatic N) is 1. The molecule has 0 bridgehead atoms. The molecule has 1 saturated heterocycles. The van der Waals surface area contributed by atoms with E-state index in [0.29, 0.717) is 24.2 Å². The van der Waals surface area contributed by atoms with E-state index in [0.717, 1.165) is 19.6 Å². The molecule has 0 atom stereocenters. The molecule has 4 nitrogen and oxygen atoms in total. The van der Waals surface area contributed by atoms with Gasteiger partial charge in [0.25, 0.3) is 0 Å². The maximum atomic E-state index is 13.9. The van der Waals surface area contributed by atoms with E-state index in [4.69, 9.17) is 23.2 Å². The molecule has 148 valence electrons. The number of quaternary nitrogens is 1. The molecular weight excluding hydrogens is 400 g/mol. The molecule has 0 radical (unpaired) electrons. The first-order valence-corrected chi connectivity index (χ1v) is 9.95. The van der Waals surface area contributed by atoms with Crippen molar-refractivity contribution in [2.75, 3.05) is 26.2 Å². The summed E-state index contributed by atoms with van der Waals surface area (Å²) in [7, 11) is 0. The van der Waals surface area contributed by atoms with E-state index in [-0.39, 0.29) is 22.0 Å². The lowest BCUT2D eigenvalue weighted by Crippen LogP contribution is -3.13. The number of rotatable bonds is 4. The number of carbonyl (C=O) groups is 1. The SMILES string of the molecule is Cc1ccc(C(NC(=O)N2CC[NH+](Cc3ccccc3)CC2)=C(Cl)Cl)cc1F. The van der Waals surface area contributed by atoms with E-state index in [2.05, 4.69) is 17.4 Å². The fourth-order valence-electron chi connectivity index (χ4n) is 3.25. The number of aryl methyl sites for hydroxylation is 1. The van der Waals surface area contributed by atoms with E-state index >= 15 is 0 Å². The van der Waals surface area contributed by atoms with Crippen molar-refractivity contribution >= 4 is 34.9 Å². The lowest BCUT2D eigenvalue weighted by molar-refractivity contribution is -0.917. The third-order valence-electron chi connectivity index (χ3n) is 4.94. The molecule has 0 aromatic heterocycles. The molecule has 0 saturated carbocycles. The van der Waals surface area contributed by atoms with Crippen LogP contribution in [-0.2, 0) is 6.54 Å². The van der Waals surface area contributed by atoms with E-state index in [9.17, 15) is 9.18 Å². The molecule has 0 spiro atoms. The molecule has 28 heavy (non-hydrogen) atoms. The molecular formula is C21H23Cl2FN3O+. The molecule has 3 rings (SSSR count). The van der Waals surface area contributed by atoms with Gasteiger partial charge in [-0.25, -0.2) is 9.18 Å². The molecule has 1 aliphatic rings. The average Bonchev–Trinajstić information content (AvgIpc) is 2.69. The monoisotopic (exact) mass is 422 g/mol. The number of hydrogen-bond donors (Lipinski definition) is 2. The Labute approximate surface area is 174 Å². The molecule has 0 unspecified atom stereocenters. The molecule has 2 N–H and O–H groups in total. The van der Waals surface area contributed by atoms with E-state index in [1.807, 2.05) is 18.2 Å². The Hall–Kier alpha value is -2.08. The van der Waals surface area contributed by atoms with Gasteiger partial charge in [-0.2, -0.15) is 0 Å². The number of halogens is 3. The first kappa shape index (κ1) is 20.6. The summed E-state index contributed by atoms with van der Waals surface area (Å²) in [6, 6.07) is 14.7. The highest BCUT2D eigenvalue weighted by molar-refractivity contribution is 6.58. The Morgan fingerprint density at radius 2 is 1.82 bits per heavy atom. The van der Waals surface area contributed by atoms with Crippen LogP contribution in [0.25, 0.3) is 5.70 Å².